The van der Waals surface area contributed by atoms with Crippen molar-refractivity contribution in [1.82, 2.24) is 0 Å². The lowest BCUT2D eigenvalue weighted by molar-refractivity contribution is 0.218. The van der Waals surface area contributed by atoms with Gasteiger partial charge in [-0.15, -0.1) is 0 Å². The van der Waals surface area contributed by atoms with E-state index in [-0.39, 0.29) is 0 Å². The molecule has 0 spiro atoms. The molecule has 18 heavy (non-hydrogen) atoms. The molecule has 0 bridgehead atoms. The molecule has 0 fully saturated rings. The van der Waals surface area contributed by atoms with Crippen molar-refractivity contribution in [2.24, 2.45) is 17.8 Å². The molecule has 0 aromatic heterocycles. The normalized spacial score (nSPS) is 12.9. The Hall–Kier alpha value is 0.920. The smallest absolute Gasteiger partial charge is 0.247 e. The Kier molecular flexibility index (Phi) is 10.3. The first-order valence-corrected chi connectivity index (χ1v) is 11.0. The summed E-state index contributed by atoms with van der Waals surface area (Å²) in [5.74, 6) is 2.74. The van der Waals surface area contributed by atoms with Gasteiger partial charge >= 0.3 is 0 Å². The number of hydrogen-bond acceptors (Lipinski definition) is 4. The van der Waals surface area contributed by atoms with Gasteiger partial charge in [0.2, 0.25) is 5.69 Å². The highest BCUT2D eigenvalue weighted by atomic mass is 32.9. The second kappa shape index (κ2) is 9.77. The molecule has 110 valence electrons. The first-order valence-electron chi connectivity index (χ1n) is 6.79. The van der Waals surface area contributed by atoms with E-state index in [9.17, 15) is 0 Å². The van der Waals surface area contributed by atoms with Gasteiger partial charge in [-0.05, 0) is 36.0 Å². The third-order valence-electron chi connectivity index (χ3n) is 2.08. The first-order chi connectivity index (χ1) is 8.25. The average molecular weight is 312 g/mol. The minimum Gasteiger partial charge on any atom is -0.321 e. The van der Waals surface area contributed by atoms with Crippen molar-refractivity contribution in [3.63, 3.8) is 0 Å². The van der Waals surface area contributed by atoms with Crippen LogP contribution in [0, 0.1) is 17.8 Å². The molecule has 0 atom stereocenters. The van der Waals surface area contributed by atoms with Gasteiger partial charge in [0.15, 0.2) is 0 Å². The van der Waals surface area contributed by atoms with Crippen molar-refractivity contribution in [1.29, 1.82) is 0 Å². The topological polar surface area (TPSA) is 18.5 Å². The third-order valence-corrected chi connectivity index (χ3v) is 7.45. The van der Waals surface area contributed by atoms with Gasteiger partial charge in [-0.1, -0.05) is 52.9 Å². The van der Waals surface area contributed by atoms with Crippen LogP contribution in [0.25, 0.3) is 0 Å². The van der Waals surface area contributed by atoms with Crippen molar-refractivity contribution in [2.45, 2.75) is 48.0 Å². The van der Waals surface area contributed by atoms with E-state index in [1.165, 1.54) is 6.42 Å². The summed E-state index contributed by atoms with van der Waals surface area (Å²) in [4.78, 5) is 0. The lowest BCUT2D eigenvalue weighted by atomic mass is 10.2. The number of hydrogen-bond donors (Lipinski definition) is 0. The predicted octanol–water partition coefficient (Wildman–Crippen LogP) is 5.34. The highest BCUT2D eigenvalue weighted by Gasteiger charge is 2.21. The summed E-state index contributed by atoms with van der Waals surface area (Å²) in [7, 11) is 0. The molecule has 0 heterocycles. The fourth-order valence-corrected chi connectivity index (χ4v) is 5.81. The molecule has 5 heteroatoms. The molecule has 0 amide bonds. The van der Waals surface area contributed by atoms with Crippen LogP contribution >= 0.6 is 17.1 Å². The molecule has 0 aliphatic rings. The van der Waals surface area contributed by atoms with Gasteiger partial charge in [0.25, 0.3) is 0 Å². The summed E-state index contributed by atoms with van der Waals surface area (Å²) < 4.78 is 11.8. The molecule has 0 aliphatic heterocycles. The fourth-order valence-electron chi connectivity index (χ4n) is 0.993. The van der Waals surface area contributed by atoms with Gasteiger partial charge in [-0.2, -0.15) is 0 Å². The first kappa shape index (κ1) is 18.9. The zero-order valence-electron chi connectivity index (χ0n) is 12.6. The van der Waals surface area contributed by atoms with Crippen LogP contribution in [0.2, 0.25) is 0 Å². The van der Waals surface area contributed by atoms with Crippen molar-refractivity contribution in [3.8, 4) is 0 Å². The van der Waals surface area contributed by atoms with Gasteiger partial charge in [0, 0.05) is 5.75 Å². The predicted molar refractivity (Wildman–Crippen MR) is 87.8 cm³/mol. The lowest BCUT2D eigenvalue weighted by Crippen LogP contribution is -2.05. The molecule has 0 radical (unpaired) electrons. The van der Waals surface area contributed by atoms with E-state index >= 15 is 0 Å². The molecule has 2 nitrogen and oxygen atoms in total. The van der Waals surface area contributed by atoms with E-state index in [1.54, 1.807) is 11.4 Å². The standard InChI is InChI=1S/C13H29O2PS2/c1-11(2)7-8-18-16(17,14-9-12(3)4)15-10-13(5)6/h11-13H,7-10H2,1-6H3. The Morgan fingerprint density at radius 1 is 0.889 bits per heavy atom. The largest absolute Gasteiger partial charge is 0.321 e. The van der Waals surface area contributed by atoms with E-state index in [2.05, 4.69) is 41.5 Å². The van der Waals surface area contributed by atoms with Gasteiger partial charge < -0.3 is 9.05 Å². The molecule has 0 saturated carbocycles. The minimum absolute atomic E-state index is 0.501. The maximum Gasteiger partial charge on any atom is 0.247 e. The molecule has 0 aromatic rings. The van der Waals surface area contributed by atoms with Gasteiger partial charge in [-0.3, -0.25) is 0 Å². The van der Waals surface area contributed by atoms with Crippen LogP contribution in [0.1, 0.15) is 48.0 Å². The summed E-state index contributed by atoms with van der Waals surface area (Å²) in [6.45, 7) is 14.4. The SMILES string of the molecule is CC(C)CCSP(=S)(OCC(C)C)OCC(C)C. The fraction of sp³-hybridized carbons (Fsp3) is 1.00. The zero-order chi connectivity index (χ0) is 14.2. The van der Waals surface area contributed by atoms with Crippen LogP contribution in [-0.4, -0.2) is 19.0 Å². The maximum atomic E-state index is 5.89. The minimum atomic E-state index is -2.13. The highest BCUT2D eigenvalue weighted by Crippen LogP contribution is 2.61. The van der Waals surface area contributed by atoms with Crippen LogP contribution < -0.4 is 0 Å². The van der Waals surface area contributed by atoms with E-state index in [1.807, 2.05) is 0 Å². The van der Waals surface area contributed by atoms with E-state index in [4.69, 9.17) is 20.9 Å². The van der Waals surface area contributed by atoms with Crippen LogP contribution in [0.15, 0.2) is 0 Å². The Bertz CT molecular complexity index is 239. The van der Waals surface area contributed by atoms with Crippen LogP contribution in [0.5, 0.6) is 0 Å². The van der Waals surface area contributed by atoms with Crippen LogP contribution in [0.3, 0.4) is 0 Å². The molecular weight excluding hydrogens is 283 g/mol. The Labute approximate surface area is 123 Å². The number of rotatable bonds is 10. The molecular formula is C13H29O2PS2. The second-order valence-corrected chi connectivity index (χ2v) is 12.3. The molecule has 0 aromatic carbocycles. The Morgan fingerprint density at radius 2 is 1.33 bits per heavy atom. The van der Waals surface area contributed by atoms with Crippen molar-refractivity contribution >= 4 is 28.9 Å². The lowest BCUT2D eigenvalue weighted by Gasteiger charge is -2.23. The summed E-state index contributed by atoms with van der Waals surface area (Å²) in [5.41, 5.74) is -2.13. The van der Waals surface area contributed by atoms with E-state index in [0.717, 1.165) is 5.75 Å². The van der Waals surface area contributed by atoms with Crippen LogP contribution in [0.4, 0.5) is 0 Å². The summed E-state index contributed by atoms with van der Waals surface area (Å²) in [5, 5.41) is 0. The maximum absolute atomic E-state index is 5.89. The summed E-state index contributed by atoms with van der Waals surface area (Å²) >= 11 is 7.34. The highest BCUT2D eigenvalue weighted by molar-refractivity contribution is 8.67. The van der Waals surface area contributed by atoms with Gasteiger partial charge in [0.1, 0.15) is 0 Å². The van der Waals surface area contributed by atoms with Crippen molar-refractivity contribution in [2.75, 3.05) is 19.0 Å². The average Bonchev–Trinajstić information content (AvgIpc) is 2.23. The third kappa shape index (κ3) is 10.8. The second-order valence-electron chi connectivity index (χ2n) is 5.84. The molecule has 0 N–H and O–H groups in total. The zero-order valence-corrected chi connectivity index (χ0v) is 15.2. The molecule has 0 aliphatic carbocycles. The summed E-state index contributed by atoms with van der Waals surface area (Å²) in [6, 6.07) is 0. The molecule has 0 rings (SSSR count). The summed E-state index contributed by atoms with van der Waals surface area (Å²) in [6.07, 6.45) is 1.17. The van der Waals surface area contributed by atoms with Gasteiger partial charge in [0.05, 0.1) is 13.2 Å². The van der Waals surface area contributed by atoms with E-state index < -0.39 is 5.69 Å². The molecule has 0 saturated heterocycles. The van der Waals surface area contributed by atoms with Gasteiger partial charge in [-0.25, -0.2) is 0 Å². The van der Waals surface area contributed by atoms with Crippen molar-refractivity contribution < 1.29 is 9.05 Å². The monoisotopic (exact) mass is 312 g/mol. The van der Waals surface area contributed by atoms with E-state index in [0.29, 0.717) is 31.0 Å². The Balaban J connectivity index is 4.25. The quantitative estimate of drug-likeness (QED) is 0.507. The van der Waals surface area contributed by atoms with Crippen molar-refractivity contribution in [3.05, 3.63) is 0 Å². The molecule has 0 unspecified atom stereocenters. The Morgan fingerprint density at radius 3 is 1.67 bits per heavy atom. The van der Waals surface area contributed by atoms with Crippen LogP contribution in [-0.2, 0) is 20.9 Å².